The van der Waals surface area contributed by atoms with E-state index in [9.17, 15) is 0 Å². The van der Waals surface area contributed by atoms with E-state index in [1.54, 1.807) is 0 Å². The number of aliphatic imine (C=N–C) groups is 2. The van der Waals surface area contributed by atoms with Gasteiger partial charge in [-0.2, -0.15) is 0 Å². The summed E-state index contributed by atoms with van der Waals surface area (Å²) in [7, 11) is 0. The van der Waals surface area contributed by atoms with Gasteiger partial charge >= 0.3 is 0 Å². The molecule has 6 rings (SSSR count). The Morgan fingerprint density at radius 1 is 0.395 bits per heavy atom. The van der Waals surface area contributed by atoms with E-state index in [1.165, 1.54) is 67.1 Å². The summed E-state index contributed by atoms with van der Waals surface area (Å²) in [6.07, 6.45) is 8.71. The van der Waals surface area contributed by atoms with Crippen molar-refractivity contribution in [1.29, 1.82) is 0 Å². The second kappa shape index (κ2) is 11.4. The molecule has 0 amide bonds. The van der Waals surface area contributed by atoms with Crippen LogP contribution in [0.3, 0.4) is 0 Å². The summed E-state index contributed by atoms with van der Waals surface area (Å²) in [5.41, 5.74) is 2.40. The first-order valence-corrected chi connectivity index (χ1v) is 13.7. The van der Waals surface area contributed by atoms with Crippen molar-refractivity contribution in [3.8, 4) is 0 Å². The highest BCUT2D eigenvalue weighted by atomic mass is 14.7. The van der Waals surface area contributed by atoms with Crippen LogP contribution >= 0.6 is 0 Å². The lowest BCUT2D eigenvalue weighted by Crippen LogP contribution is -1.90. The predicted molar refractivity (Wildman–Crippen MR) is 166 cm³/mol. The van der Waals surface area contributed by atoms with Crippen molar-refractivity contribution in [3.05, 3.63) is 120 Å². The Morgan fingerprint density at radius 2 is 0.789 bits per heavy atom. The first-order chi connectivity index (χ1) is 18.8. The first kappa shape index (κ1) is 24.1. The smallest absolute Gasteiger partial charge is 0.0389 e. The highest BCUT2D eigenvalue weighted by molar-refractivity contribution is 6.07. The van der Waals surface area contributed by atoms with Gasteiger partial charge in [-0.3, -0.25) is 9.98 Å². The zero-order chi connectivity index (χ0) is 25.6. The largest absolute Gasteiger partial charge is 0.293 e. The fourth-order valence-electron chi connectivity index (χ4n) is 5.29. The molecule has 0 spiro atoms. The van der Waals surface area contributed by atoms with Crippen molar-refractivity contribution in [1.82, 2.24) is 0 Å². The molecule has 38 heavy (non-hydrogen) atoms. The molecule has 0 radical (unpaired) electrons. The second-order valence-corrected chi connectivity index (χ2v) is 10.0. The Labute approximate surface area is 224 Å². The molecular weight excluding hydrogens is 460 g/mol. The van der Waals surface area contributed by atoms with Crippen molar-refractivity contribution in [3.63, 3.8) is 0 Å². The molecular formula is C36H32N2. The lowest BCUT2D eigenvalue weighted by molar-refractivity contribution is 0.655. The number of unbranched alkanes of at least 4 members (excludes halogenated alkanes) is 3. The van der Waals surface area contributed by atoms with Crippen LogP contribution < -0.4 is 0 Å². The molecule has 0 heterocycles. The molecule has 186 valence electrons. The summed E-state index contributed by atoms with van der Waals surface area (Å²) in [5, 5.41) is 10.2. The van der Waals surface area contributed by atoms with Gasteiger partial charge in [0.05, 0.1) is 0 Å². The van der Waals surface area contributed by atoms with E-state index in [-0.39, 0.29) is 0 Å². The van der Waals surface area contributed by atoms with Crippen molar-refractivity contribution in [2.45, 2.75) is 25.7 Å². The Kier molecular flexibility index (Phi) is 7.22. The summed E-state index contributed by atoms with van der Waals surface area (Å²) in [5.74, 6) is 0. The standard InChI is InChI=1S/C36H32N2/c1(7-19-37-25-33-17-9-15-31-21-27-11-3-5-13-29(27)23-35(31)33)2-8-20-38-26-34-18-10-16-32-22-28-12-4-6-14-30(28)24-36(32)34/h3-6,9-18,21-26H,1-2,7-8,19-20H2. The fraction of sp³-hybridized carbons (Fsp3) is 0.167. The van der Waals surface area contributed by atoms with E-state index >= 15 is 0 Å². The van der Waals surface area contributed by atoms with Crippen molar-refractivity contribution < 1.29 is 0 Å². The number of benzene rings is 6. The highest BCUT2D eigenvalue weighted by Gasteiger charge is 2.03. The molecule has 6 aromatic carbocycles. The summed E-state index contributed by atoms with van der Waals surface area (Å²) in [4.78, 5) is 9.48. The minimum atomic E-state index is 0.872. The normalized spacial score (nSPS) is 12.1. The summed E-state index contributed by atoms with van der Waals surface area (Å²) in [6.45, 7) is 1.74. The van der Waals surface area contributed by atoms with Gasteiger partial charge < -0.3 is 0 Å². The first-order valence-electron chi connectivity index (χ1n) is 13.7. The Bertz CT molecular complexity index is 1640. The third-order valence-electron chi connectivity index (χ3n) is 7.35. The van der Waals surface area contributed by atoms with Crippen LogP contribution in [0.5, 0.6) is 0 Å². The van der Waals surface area contributed by atoms with Gasteiger partial charge in [-0.05, 0) is 80.2 Å². The lowest BCUT2D eigenvalue weighted by atomic mass is 10.0. The quantitative estimate of drug-likeness (QED) is 0.109. The number of nitrogens with zero attached hydrogens (tertiary/aromatic N) is 2. The van der Waals surface area contributed by atoms with Crippen LogP contribution in [0.15, 0.2) is 119 Å². The molecule has 0 atom stereocenters. The van der Waals surface area contributed by atoms with Gasteiger partial charge in [0.2, 0.25) is 0 Å². The minimum Gasteiger partial charge on any atom is -0.293 e. The molecule has 0 N–H and O–H groups in total. The average Bonchev–Trinajstić information content (AvgIpc) is 2.96. The summed E-state index contributed by atoms with van der Waals surface area (Å²) >= 11 is 0. The SMILES string of the molecule is C(=NCCCCCCN=Cc1cccc2cc3ccccc3cc12)c1cccc2cc3ccccc3cc12. The second-order valence-electron chi connectivity index (χ2n) is 10.0. The van der Waals surface area contributed by atoms with Crippen molar-refractivity contribution in [2.75, 3.05) is 13.1 Å². The van der Waals surface area contributed by atoms with Gasteiger partial charge in [0.1, 0.15) is 0 Å². The van der Waals surface area contributed by atoms with Crippen LogP contribution in [0.4, 0.5) is 0 Å². The zero-order valence-corrected chi connectivity index (χ0v) is 21.7. The summed E-state index contributed by atoms with van der Waals surface area (Å²) in [6, 6.07) is 39.1. The van der Waals surface area contributed by atoms with Crippen LogP contribution in [0.1, 0.15) is 36.8 Å². The number of fused-ring (bicyclic) bond motifs is 4. The monoisotopic (exact) mass is 492 g/mol. The van der Waals surface area contributed by atoms with Crippen molar-refractivity contribution >= 4 is 55.5 Å². The summed E-state index contributed by atoms with van der Waals surface area (Å²) < 4.78 is 0. The third-order valence-corrected chi connectivity index (χ3v) is 7.35. The molecule has 0 aliphatic carbocycles. The molecule has 0 saturated heterocycles. The molecule has 0 saturated carbocycles. The van der Waals surface area contributed by atoms with Gasteiger partial charge in [0, 0.05) is 36.6 Å². The average molecular weight is 493 g/mol. The molecule has 0 aliphatic heterocycles. The number of hydrogen-bond donors (Lipinski definition) is 0. The van der Waals surface area contributed by atoms with Gasteiger partial charge in [-0.15, -0.1) is 0 Å². The van der Waals surface area contributed by atoms with Crippen LogP contribution in [0, 0.1) is 0 Å². The maximum Gasteiger partial charge on any atom is 0.0389 e. The van der Waals surface area contributed by atoms with E-state index in [0.29, 0.717) is 0 Å². The molecule has 6 aromatic rings. The van der Waals surface area contributed by atoms with Gasteiger partial charge in [-0.25, -0.2) is 0 Å². The Hall–Kier alpha value is -4.30. The Morgan fingerprint density at radius 3 is 1.24 bits per heavy atom. The molecule has 2 heteroatoms. The van der Waals surface area contributed by atoms with Crippen LogP contribution in [-0.4, -0.2) is 25.5 Å². The van der Waals surface area contributed by atoms with Gasteiger partial charge in [0.25, 0.3) is 0 Å². The van der Waals surface area contributed by atoms with Crippen LogP contribution in [0.2, 0.25) is 0 Å². The van der Waals surface area contributed by atoms with E-state index in [2.05, 4.69) is 122 Å². The molecule has 0 fully saturated rings. The predicted octanol–water partition coefficient (Wildman–Crippen LogP) is 9.40. The minimum absolute atomic E-state index is 0.872. The number of rotatable bonds is 9. The van der Waals surface area contributed by atoms with E-state index < -0.39 is 0 Å². The van der Waals surface area contributed by atoms with E-state index in [4.69, 9.17) is 9.98 Å². The van der Waals surface area contributed by atoms with Crippen LogP contribution in [0.25, 0.3) is 43.1 Å². The molecule has 0 unspecified atom stereocenters. The van der Waals surface area contributed by atoms with Crippen molar-refractivity contribution in [2.24, 2.45) is 9.98 Å². The highest BCUT2D eigenvalue weighted by Crippen LogP contribution is 2.26. The number of hydrogen-bond acceptors (Lipinski definition) is 2. The van der Waals surface area contributed by atoms with Crippen LogP contribution in [-0.2, 0) is 0 Å². The molecule has 0 aliphatic rings. The molecule has 0 aromatic heterocycles. The molecule has 0 bridgehead atoms. The topological polar surface area (TPSA) is 24.7 Å². The lowest BCUT2D eigenvalue weighted by Gasteiger charge is -2.05. The van der Waals surface area contributed by atoms with E-state index in [0.717, 1.165) is 25.9 Å². The fourth-order valence-corrected chi connectivity index (χ4v) is 5.29. The maximum absolute atomic E-state index is 4.74. The van der Waals surface area contributed by atoms with Gasteiger partial charge in [-0.1, -0.05) is 97.8 Å². The van der Waals surface area contributed by atoms with E-state index in [1.807, 2.05) is 0 Å². The third kappa shape index (κ3) is 5.35. The Balaban J connectivity index is 0.982. The maximum atomic E-state index is 4.74. The van der Waals surface area contributed by atoms with Gasteiger partial charge in [0.15, 0.2) is 0 Å². The molecule has 2 nitrogen and oxygen atoms in total. The zero-order valence-electron chi connectivity index (χ0n) is 21.7.